The van der Waals surface area contributed by atoms with Gasteiger partial charge in [-0.2, -0.15) is 0 Å². The van der Waals surface area contributed by atoms with E-state index in [0.29, 0.717) is 35.2 Å². The second kappa shape index (κ2) is 10.4. The predicted octanol–water partition coefficient (Wildman–Crippen LogP) is 4.85. The fourth-order valence-corrected chi connectivity index (χ4v) is 4.30. The van der Waals surface area contributed by atoms with Gasteiger partial charge in [0.25, 0.3) is 11.7 Å². The lowest BCUT2D eigenvalue weighted by molar-refractivity contribution is -0.139. The van der Waals surface area contributed by atoms with Crippen molar-refractivity contribution in [2.45, 2.75) is 32.2 Å². The monoisotopic (exact) mass is 470 g/mol. The van der Waals surface area contributed by atoms with Crippen molar-refractivity contribution in [1.82, 2.24) is 9.80 Å². The topological polar surface area (TPSA) is 70.1 Å². The van der Waals surface area contributed by atoms with Gasteiger partial charge in [0.05, 0.1) is 23.7 Å². The molecule has 3 rings (SSSR count). The van der Waals surface area contributed by atoms with Crippen LogP contribution in [0.25, 0.3) is 5.76 Å². The van der Waals surface area contributed by atoms with E-state index in [1.807, 2.05) is 43.3 Å². The fourth-order valence-electron chi connectivity index (χ4n) is 4.05. The molecule has 0 bridgehead atoms. The van der Waals surface area contributed by atoms with Crippen molar-refractivity contribution in [2.75, 3.05) is 34.3 Å². The van der Waals surface area contributed by atoms with Gasteiger partial charge in [0.2, 0.25) is 0 Å². The molecule has 2 aromatic carbocycles. The highest BCUT2D eigenvalue weighted by molar-refractivity contribution is 6.46. The second-order valence-corrected chi connectivity index (χ2v) is 9.23. The summed E-state index contributed by atoms with van der Waals surface area (Å²) in [5, 5.41) is 11.5. The quantitative estimate of drug-likeness (QED) is 0.339. The maximum Gasteiger partial charge on any atom is 0.295 e. The van der Waals surface area contributed by atoms with Gasteiger partial charge in [-0.05, 0) is 62.3 Å². The van der Waals surface area contributed by atoms with Crippen molar-refractivity contribution in [3.05, 3.63) is 69.8 Å². The molecule has 0 aliphatic carbocycles. The molecule has 2 aromatic rings. The van der Waals surface area contributed by atoms with Crippen LogP contribution in [0, 0.1) is 0 Å². The molecule has 1 amide bonds. The zero-order valence-corrected chi connectivity index (χ0v) is 20.5. The first kappa shape index (κ1) is 24.8. The highest BCUT2D eigenvalue weighted by Gasteiger charge is 2.45. The van der Waals surface area contributed by atoms with Gasteiger partial charge in [-0.15, -0.1) is 0 Å². The van der Waals surface area contributed by atoms with E-state index in [-0.39, 0.29) is 11.3 Å². The van der Waals surface area contributed by atoms with Crippen LogP contribution in [0.2, 0.25) is 5.02 Å². The van der Waals surface area contributed by atoms with Gasteiger partial charge in [0.15, 0.2) is 0 Å². The van der Waals surface area contributed by atoms with E-state index in [1.54, 1.807) is 17.0 Å². The average molecular weight is 471 g/mol. The number of nitrogens with zero attached hydrogens (tertiary/aromatic N) is 2. The first-order valence-corrected chi connectivity index (χ1v) is 11.4. The molecule has 1 N–H and O–H groups in total. The van der Waals surface area contributed by atoms with Crippen molar-refractivity contribution < 1.29 is 19.4 Å². The number of benzene rings is 2. The summed E-state index contributed by atoms with van der Waals surface area (Å²) in [4.78, 5) is 29.7. The van der Waals surface area contributed by atoms with E-state index >= 15 is 0 Å². The number of aliphatic hydroxyl groups is 1. The first-order chi connectivity index (χ1) is 15.6. The van der Waals surface area contributed by atoms with Gasteiger partial charge in [-0.3, -0.25) is 9.59 Å². The largest absolute Gasteiger partial charge is 0.507 e. The Bertz CT molecular complexity index is 1060. The third kappa shape index (κ3) is 5.23. The summed E-state index contributed by atoms with van der Waals surface area (Å²) in [6.45, 7) is 5.39. The van der Waals surface area contributed by atoms with Crippen molar-refractivity contribution in [3.8, 4) is 5.75 Å². The van der Waals surface area contributed by atoms with Crippen molar-refractivity contribution >= 4 is 29.1 Å². The zero-order chi connectivity index (χ0) is 24.3. The van der Waals surface area contributed by atoms with Gasteiger partial charge >= 0.3 is 0 Å². The number of carbonyl (C=O) groups excluding carboxylic acids is 2. The summed E-state index contributed by atoms with van der Waals surface area (Å²) in [7, 11) is 5.42. The summed E-state index contributed by atoms with van der Waals surface area (Å²) >= 11 is 6.25. The van der Waals surface area contributed by atoms with E-state index in [2.05, 4.69) is 13.8 Å². The van der Waals surface area contributed by atoms with Crippen LogP contribution >= 0.6 is 11.6 Å². The number of halogens is 1. The Morgan fingerprint density at radius 3 is 2.36 bits per heavy atom. The molecule has 0 spiro atoms. The summed E-state index contributed by atoms with van der Waals surface area (Å²) in [6.07, 6.45) is 0.703. The van der Waals surface area contributed by atoms with E-state index in [9.17, 15) is 14.7 Å². The molecule has 1 atom stereocenters. The Morgan fingerprint density at radius 2 is 1.82 bits per heavy atom. The second-order valence-electron chi connectivity index (χ2n) is 8.82. The van der Waals surface area contributed by atoms with Crippen LogP contribution in [-0.2, 0) is 9.59 Å². The molecule has 6 nitrogen and oxygen atoms in total. The van der Waals surface area contributed by atoms with Crippen LogP contribution in [-0.4, -0.2) is 60.9 Å². The van der Waals surface area contributed by atoms with Crippen LogP contribution in [0.5, 0.6) is 5.75 Å². The minimum Gasteiger partial charge on any atom is -0.507 e. The molecule has 1 fully saturated rings. The standard InChI is InChI=1S/C26H31ClN2O4/c1-16(2)17-7-9-18(10-8-17)23-22(24(30)19-11-12-21(33-5)20(27)15-19)25(31)26(32)29(23)14-6-13-28(3)4/h7-12,15-16,23,30H,6,13-14H2,1-5H3/b24-22+/t23-/m1/s1. The number of ketones is 1. The number of ether oxygens (including phenoxy) is 1. The van der Waals surface area contributed by atoms with E-state index < -0.39 is 17.7 Å². The molecular weight excluding hydrogens is 440 g/mol. The molecule has 1 saturated heterocycles. The highest BCUT2D eigenvalue weighted by Crippen LogP contribution is 2.40. The molecule has 0 unspecified atom stereocenters. The number of hydrogen-bond acceptors (Lipinski definition) is 5. The third-order valence-electron chi connectivity index (χ3n) is 5.89. The number of Topliss-reactive ketones (excluding diaryl/α,β-unsaturated/α-hetero) is 1. The van der Waals surface area contributed by atoms with Crippen LogP contribution in [0.1, 0.15) is 48.9 Å². The molecule has 176 valence electrons. The average Bonchev–Trinajstić information content (AvgIpc) is 3.03. The van der Waals surface area contributed by atoms with E-state index in [0.717, 1.165) is 17.7 Å². The zero-order valence-electron chi connectivity index (χ0n) is 19.8. The Kier molecular flexibility index (Phi) is 7.82. The number of likely N-dealkylation sites (tertiary alicyclic amines) is 1. The minimum atomic E-state index is -0.692. The molecule has 33 heavy (non-hydrogen) atoms. The van der Waals surface area contributed by atoms with Crippen molar-refractivity contribution in [2.24, 2.45) is 0 Å². The summed E-state index contributed by atoms with van der Waals surface area (Å²) in [6, 6.07) is 12.0. The fraction of sp³-hybridized carbons (Fsp3) is 0.385. The number of rotatable bonds is 8. The Balaban J connectivity index is 2.10. The normalized spacial score (nSPS) is 17.9. The number of methoxy groups -OCH3 is 1. The number of hydrogen-bond donors (Lipinski definition) is 1. The lowest BCUT2D eigenvalue weighted by atomic mass is 9.93. The lowest BCUT2D eigenvalue weighted by Crippen LogP contribution is -2.32. The Morgan fingerprint density at radius 1 is 1.15 bits per heavy atom. The number of amides is 1. The van der Waals surface area contributed by atoms with E-state index in [4.69, 9.17) is 16.3 Å². The van der Waals surface area contributed by atoms with Crippen LogP contribution in [0.4, 0.5) is 0 Å². The maximum atomic E-state index is 13.1. The SMILES string of the molecule is COc1ccc(/C(O)=C2\C(=O)C(=O)N(CCCN(C)C)[C@@H]2c2ccc(C(C)C)cc2)cc1Cl. The molecule has 1 aliphatic heterocycles. The van der Waals surface area contributed by atoms with Gasteiger partial charge < -0.3 is 19.6 Å². The molecular formula is C26H31ClN2O4. The third-order valence-corrected chi connectivity index (χ3v) is 6.18. The van der Waals surface area contributed by atoms with Crippen LogP contribution in [0.15, 0.2) is 48.0 Å². The lowest BCUT2D eigenvalue weighted by Gasteiger charge is -2.26. The molecule has 0 radical (unpaired) electrons. The first-order valence-electron chi connectivity index (χ1n) is 11.0. The molecule has 0 aromatic heterocycles. The predicted molar refractivity (Wildman–Crippen MR) is 131 cm³/mol. The maximum absolute atomic E-state index is 13.1. The number of aliphatic hydroxyl groups excluding tert-OH is 1. The van der Waals surface area contributed by atoms with E-state index in [1.165, 1.54) is 13.2 Å². The van der Waals surface area contributed by atoms with Crippen molar-refractivity contribution in [1.29, 1.82) is 0 Å². The molecule has 0 saturated carbocycles. The van der Waals surface area contributed by atoms with Gasteiger partial charge in [0.1, 0.15) is 11.5 Å². The Labute approximate surface area is 200 Å². The summed E-state index contributed by atoms with van der Waals surface area (Å²) in [5.41, 5.74) is 2.37. The van der Waals surface area contributed by atoms with Crippen LogP contribution in [0.3, 0.4) is 0 Å². The van der Waals surface area contributed by atoms with Gasteiger partial charge in [-0.1, -0.05) is 49.7 Å². The smallest absolute Gasteiger partial charge is 0.295 e. The molecule has 7 heteroatoms. The number of carbonyl (C=O) groups is 2. The molecule has 1 heterocycles. The highest BCUT2D eigenvalue weighted by atomic mass is 35.5. The summed E-state index contributed by atoms with van der Waals surface area (Å²) < 4.78 is 5.18. The Hall–Kier alpha value is -2.83. The van der Waals surface area contributed by atoms with Gasteiger partial charge in [0, 0.05) is 12.1 Å². The van der Waals surface area contributed by atoms with Crippen LogP contribution < -0.4 is 4.74 Å². The molecule has 1 aliphatic rings. The van der Waals surface area contributed by atoms with Crippen molar-refractivity contribution in [3.63, 3.8) is 0 Å². The summed E-state index contributed by atoms with van der Waals surface area (Å²) in [5.74, 6) is -0.730. The van der Waals surface area contributed by atoms with Gasteiger partial charge in [-0.25, -0.2) is 0 Å². The minimum absolute atomic E-state index is 0.0726.